The number of thiazole rings is 1. The molecule has 0 spiro atoms. The molecule has 1 N–H and O–H groups in total. The van der Waals surface area contributed by atoms with E-state index in [1.165, 1.54) is 31.4 Å². The second-order valence-corrected chi connectivity index (χ2v) is 6.51. The van der Waals surface area contributed by atoms with Crippen molar-refractivity contribution in [2.45, 2.75) is 39.0 Å². The first-order valence-electron chi connectivity index (χ1n) is 7.48. The van der Waals surface area contributed by atoms with Crippen molar-refractivity contribution in [3.8, 4) is 0 Å². The molecule has 0 aromatic carbocycles. The van der Waals surface area contributed by atoms with E-state index in [0.717, 1.165) is 36.3 Å². The Bertz CT molecular complexity index is 482. The van der Waals surface area contributed by atoms with Gasteiger partial charge in [-0.05, 0) is 31.3 Å². The van der Waals surface area contributed by atoms with Gasteiger partial charge in [-0.15, -0.1) is 11.3 Å². The second kappa shape index (κ2) is 6.06. The zero-order chi connectivity index (χ0) is 13.1. The lowest BCUT2D eigenvalue weighted by atomic mass is 9.87. The topological polar surface area (TPSA) is 29.3 Å². The van der Waals surface area contributed by atoms with Crippen LogP contribution in [0.15, 0.2) is 17.8 Å². The number of nitrogens with zero attached hydrogens (tertiary/aromatic N) is 2. The van der Waals surface area contributed by atoms with Crippen molar-refractivity contribution in [1.29, 1.82) is 0 Å². The summed E-state index contributed by atoms with van der Waals surface area (Å²) in [6, 6.07) is 0. The van der Waals surface area contributed by atoms with Crippen molar-refractivity contribution in [3.63, 3.8) is 0 Å². The molecule has 3 rings (SSSR count). The molecule has 1 unspecified atom stereocenters. The SMILES string of the molecule is CCNCC(Cc1cn2ccsc2n1)C1CCCC1. The van der Waals surface area contributed by atoms with E-state index in [-0.39, 0.29) is 0 Å². The molecule has 0 aliphatic heterocycles. The molecular weight excluding hydrogens is 254 g/mol. The van der Waals surface area contributed by atoms with Crippen LogP contribution in [-0.2, 0) is 6.42 Å². The molecule has 1 aliphatic carbocycles. The minimum Gasteiger partial charge on any atom is -0.317 e. The number of rotatable bonds is 6. The van der Waals surface area contributed by atoms with Gasteiger partial charge < -0.3 is 5.32 Å². The summed E-state index contributed by atoms with van der Waals surface area (Å²) in [4.78, 5) is 5.87. The minimum atomic E-state index is 0.757. The van der Waals surface area contributed by atoms with E-state index in [0.29, 0.717) is 0 Å². The number of nitrogens with one attached hydrogen (secondary N) is 1. The van der Waals surface area contributed by atoms with E-state index in [2.05, 4.69) is 34.4 Å². The molecule has 0 radical (unpaired) electrons. The standard InChI is InChI=1S/C15H23N3S/c1-2-16-10-13(12-5-3-4-6-12)9-14-11-18-7-8-19-15(18)17-14/h7-8,11-13,16H,2-6,9-10H2,1H3. The third-order valence-electron chi connectivity index (χ3n) is 4.34. The van der Waals surface area contributed by atoms with Crippen LogP contribution in [-0.4, -0.2) is 22.5 Å². The van der Waals surface area contributed by atoms with Crippen LogP contribution in [0.5, 0.6) is 0 Å². The van der Waals surface area contributed by atoms with Gasteiger partial charge in [0.25, 0.3) is 0 Å². The summed E-state index contributed by atoms with van der Waals surface area (Å²) < 4.78 is 2.15. The predicted octanol–water partition coefficient (Wildman–Crippen LogP) is 3.35. The number of fused-ring (bicyclic) bond motifs is 1. The molecular formula is C15H23N3S. The molecule has 2 aromatic rings. The van der Waals surface area contributed by atoms with Crippen LogP contribution < -0.4 is 5.32 Å². The molecule has 0 amide bonds. The molecule has 2 aromatic heterocycles. The maximum Gasteiger partial charge on any atom is 0.193 e. The Hall–Kier alpha value is -0.870. The fourth-order valence-electron chi connectivity index (χ4n) is 3.31. The van der Waals surface area contributed by atoms with Crippen molar-refractivity contribution in [1.82, 2.24) is 14.7 Å². The van der Waals surface area contributed by atoms with E-state index in [9.17, 15) is 0 Å². The molecule has 0 saturated heterocycles. The van der Waals surface area contributed by atoms with E-state index in [1.807, 2.05) is 0 Å². The van der Waals surface area contributed by atoms with Crippen LogP contribution in [0, 0.1) is 11.8 Å². The Kier molecular flexibility index (Phi) is 4.18. The Morgan fingerprint density at radius 3 is 3.05 bits per heavy atom. The van der Waals surface area contributed by atoms with Crippen molar-refractivity contribution >= 4 is 16.3 Å². The first-order valence-corrected chi connectivity index (χ1v) is 8.36. The van der Waals surface area contributed by atoms with Crippen LogP contribution >= 0.6 is 11.3 Å². The van der Waals surface area contributed by atoms with Crippen LogP contribution in [0.3, 0.4) is 0 Å². The van der Waals surface area contributed by atoms with Gasteiger partial charge in [0.05, 0.1) is 5.69 Å². The van der Waals surface area contributed by atoms with E-state index in [1.54, 1.807) is 11.3 Å². The van der Waals surface area contributed by atoms with Crippen molar-refractivity contribution in [3.05, 3.63) is 23.5 Å². The highest BCUT2D eigenvalue weighted by Gasteiger charge is 2.25. The van der Waals surface area contributed by atoms with Crippen LogP contribution in [0.25, 0.3) is 4.96 Å². The molecule has 0 bridgehead atoms. The summed E-state index contributed by atoms with van der Waals surface area (Å²) in [6.45, 7) is 4.41. The van der Waals surface area contributed by atoms with E-state index < -0.39 is 0 Å². The molecule has 1 atom stereocenters. The van der Waals surface area contributed by atoms with Gasteiger partial charge in [0.15, 0.2) is 4.96 Å². The smallest absolute Gasteiger partial charge is 0.193 e. The molecule has 104 valence electrons. The maximum atomic E-state index is 4.75. The summed E-state index contributed by atoms with van der Waals surface area (Å²) in [5, 5.41) is 5.64. The minimum absolute atomic E-state index is 0.757. The zero-order valence-corrected chi connectivity index (χ0v) is 12.5. The molecule has 1 fully saturated rings. The lowest BCUT2D eigenvalue weighted by molar-refractivity contribution is 0.321. The summed E-state index contributed by atoms with van der Waals surface area (Å²) in [7, 11) is 0. The van der Waals surface area contributed by atoms with Crippen molar-refractivity contribution in [2.24, 2.45) is 11.8 Å². The molecule has 1 aliphatic rings. The third-order valence-corrected chi connectivity index (χ3v) is 5.11. The van der Waals surface area contributed by atoms with Crippen LogP contribution in [0.2, 0.25) is 0 Å². The average molecular weight is 277 g/mol. The van der Waals surface area contributed by atoms with Gasteiger partial charge in [0.2, 0.25) is 0 Å². The summed E-state index contributed by atoms with van der Waals surface area (Å²) in [5.74, 6) is 1.66. The largest absolute Gasteiger partial charge is 0.317 e. The van der Waals surface area contributed by atoms with Crippen molar-refractivity contribution < 1.29 is 0 Å². The van der Waals surface area contributed by atoms with Gasteiger partial charge in [0.1, 0.15) is 0 Å². The molecule has 19 heavy (non-hydrogen) atoms. The average Bonchev–Trinajstić information content (AvgIpc) is 3.09. The van der Waals surface area contributed by atoms with Gasteiger partial charge in [-0.25, -0.2) is 4.98 Å². The highest BCUT2D eigenvalue weighted by molar-refractivity contribution is 7.15. The first-order chi connectivity index (χ1) is 9.36. The first kappa shape index (κ1) is 13.1. The van der Waals surface area contributed by atoms with Gasteiger partial charge in [0, 0.05) is 17.8 Å². The molecule has 3 nitrogen and oxygen atoms in total. The number of hydrogen-bond donors (Lipinski definition) is 1. The monoisotopic (exact) mass is 277 g/mol. The van der Waals surface area contributed by atoms with Crippen LogP contribution in [0.1, 0.15) is 38.3 Å². The highest BCUT2D eigenvalue weighted by atomic mass is 32.1. The van der Waals surface area contributed by atoms with Gasteiger partial charge in [-0.1, -0.05) is 32.6 Å². The van der Waals surface area contributed by atoms with E-state index >= 15 is 0 Å². The van der Waals surface area contributed by atoms with Crippen LogP contribution in [0.4, 0.5) is 0 Å². The Balaban J connectivity index is 1.70. The lowest BCUT2D eigenvalue weighted by Crippen LogP contribution is -2.29. The normalized spacial score (nSPS) is 18.4. The Morgan fingerprint density at radius 1 is 1.47 bits per heavy atom. The fraction of sp³-hybridized carbons (Fsp3) is 0.667. The van der Waals surface area contributed by atoms with Gasteiger partial charge >= 0.3 is 0 Å². The summed E-state index contributed by atoms with van der Waals surface area (Å²) in [6.07, 6.45) is 11.1. The van der Waals surface area contributed by atoms with Gasteiger partial charge in [-0.2, -0.15) is 0 Å². The third kappa shape index (κ3) is 3.00. The Morgan fingerprint density at radius 2 is 2.32 bits per heavy atom. The number of imidazole rings is 1. The number of hydrogen-bond acceptors (Lipinski definition) is 3. The fourth-order valence-corrected chi connectivity index (χ4v) is 4.03. The van der Waals surface area contributed by atoms with Crippen molar-refractivity contribution in [2.75, 3.05) is 13.1 Å². The zero-order valence-electron chi connectivity index (χ0n) is 11.6. The molecule has 4 heteroatoms. The lowest BCUT2D eigenvalue weighted by Gasteiger charge is -2.22. The van der Waals surface area contributed by atoms with Gasteiger partial charge in [-0.3, -0.25) is 4.40 Å². The van der Waals surface area contributed by atoms with E-state index in [4.69, 9.17) is 4.98 Å². The summed E-state index contributed by atoms with van der Waals surface area (Å²) in [5.41, 5.74) is 1.27. The highest BCUT2D eigenvalue weighted by Crippen LogP contribution is 2.33. The Labute approximate surface area is 119 Å². The summed E-state index contributed by atoms with van der Waals surface area (Å²) >= 11 is 1.72. The maximum absolute atomic E-state index is 4.75. The second-order valence-electron chi connectivity index (χ2n) is 5.64. The molecule has 1 saturated carbocycles. The number of aromatic nitrogens is 2. The molecule has 2 heterocycles. The predicted molar refractivity (Wildman–Crippen MR) is 80.8 cm³/mol. The quantitative estimate of drug-likeness (QED) is 0.877.